The molecule has 108 valence electrons. The molecule has 0 spiro atoms. The van der Waals surface area contributed by atoms with E-state index in [0.717, 1.165) is 25.8 Å². The SMILES string of the molecule is CCc1ncc(CNC(C)(C)CCc2ccccc2)s1. The standard InChI is InChI=1S/C17H24N2S/c1-4-16-18-12-15(20-16)13-19-17(2,3)11-10-14-8-6-5-7-9-14/h5-9,12,19H,4,10-11,13H2,1-3H3. The highest BCUT2D eigenvalue weighted by Gasteiger charge is 2.17. The monoisotopic (exact) mass is 288 g/mol. The number of nitrogens with zero attached hydrogens (tertiary/aromatic N) is 1. The summed E-state index contributed by atoms with van der Waals surface area (Å²) < 4.78 is 0. The second kappa shape index (κ2) is 7.00. The van der Waals surface area contributed by atoms with Gasteiger partial charge in [0.1, 0.15) is 0 Å². The number of nitrogens with one attached hydrogen (secondary N) is 1. The van der Waals surface area contributed by atoms with Crippen LogP contribution in [-0.4, -0.2) is 10.5 Å². The number of benzene rings is 1. The molecule has 0 unspecified atom stereocenters. The van der Waals surface area contributed by atoms with Crippen LogP contribution in [0.4, 0.5) is 0 Å². The van der Waals surface area contributed by atoms with Crippen LogP contribution in [0.2, 0.25) is 0 Å². The first kappa shape index (κ1) is 15.2. The molecule has 2 aromatic rings. The van der Waals surface area contributed by atoms with E-state index in [1.165, 1.54) is 15.4 Å². The van der Waals surface area contributed by atoms with Crippen molar-refractivity contribution in [2.24, 2.45) is 0 Å². The lowest BCUT2D eigenvalue weighted by Gasteiger charge is -2.26. The van der Waals surface area contributed by atoms with Crippen molar-refractivity contribution in [2.45, 2.75) is 52.1 Å². The lowest BCUT2D eigenvalue weighted by molar-refractivity contribution is 0.361. The van der Waals surface area contributed by atoms with Crippen LogP contribution in [0.1, 0.15) is 42.6 Å². The molecule has 0 radical (unpaired) electrons. The van der Waals surface area contributed by atoms with Crippen LogP contribution < -0.4 is 5.32 Å². The second-order valence-electron chi connectivity index (χ2n) is 5.80. The molecule has 2 nitrogen and oxygen atoms in total. The molecular formula is C17H24N2S. The molecule has 0 saturated heterocycles. The van der Waals surface area contributed by atoms with Gasteiger partial charge in [0.15, 0.2) is 0 Å². The molecule has 1 aromatic heterocycles. The molecule has 1 aromatic carbocycles. The molecule has 20 heavy (non-hydrogen) atoms. The Morgan fingerprint density at radius 1 is 1.20 bits per heavy atom. The molecule has 0 atom stereocenters. The summed E-state index contributed by atoms with van der Waals surface area (Å²) >= 11 is 1.81. The number of rotatable bonds is 7. The topological polar surface area (TPSA) is 24.9 Å². The Hall–Kier alpha value is -1.19. The quantitative estimate of drug-likeness (QED) is 0.825. The lowest BCUT2D eigenvalue weighted by Crippen LogP contribution is -2.38. The number of hydrogen-bond acceptors (Lipinski definition) is 3. The van der Waals surface area contributed by atoms with E-state index in [1.807, 2.05) is 17.5 Å². The normalized spacial score (nSPS) is 11.8. The minimum Gasteiger partial charge on any atom is -0.307 e. The van der Waals surface area contributed by atoms with E-state index < -0.39 is 0 Å². The third-order valence-electron chi connectivity index (χ3n) is 3.53. The molecule has 0 bridgehead atoms. The van der Waals surface area contributed by atoms with Crippen LogP contribution in [0.5, 0.6) is 0 Å². The maximum absolute atomic E-state index is 4.41. The fraction of sp³-hybridized carbons (Fsp3) is 0.471. The van der Waals surface area contributed by atoms with Gasteiger partial charge >= 0.3 is 0 Å². The lowest BCUT2D eigenvalue weighted by atomic mass is 9.95. The fourth-order valence-corrected chi connectivity index (χ4v) is 2.91. The van der Waals surface area contributed by atoms with Gasteiger partial charge < -0.3 is 5.32 Å². The molecule has 1 heterocycles. The van der Waals surface area contributed by atoms with Crippen molar-refractivity contribution in [2.75, 3.05) is 0 Å². The van der Waals surface area contributed by atoms with Crippen LogP contribution in [0.15, 0.2) is 36.5 Å². The maximum atomic E-state index is 4.41. The van der Waals surface area contributed by atoms with Gasteiger partial charge in [-0.1, -0.05) is 37.3 Å². The Morgan fingerprint density at radius 3 is 2.60 bits per heavy atom. The molecule has 3 heteroatoms. The van der Waals surface area contributed by atoms with E-state index in [-0.39, 0.29) is 5.54 Å². The van der Waals surface area contributed by atoms with Gasteiger partial charge in [0.25, 0.3) is 0 Å². The van der Waals surface area contributed by atoms with Crippen LogP contribution in [-0.2, 0) is 19.4 Å². The molecule has 1 N–H and O–H groups in total. The first-order valence-corrected chi connectivity index (χ1v) is 8.13. The van der Waals surface area contributed by atoms with Crippen molar-refractivity contribution in [1.82, 2.24) is 10.3 Å². The van der Waals surface area contributed by atoms with Crippen LogP contribution in [0.25, 0.3) is 0 Å². The van der Waals surface area contributed by atoms with E-state index in [9.17, 15) is 0 Å². The third-order valence-corrected chi connectivity index (χ3v) is 4.67. The zero-order chi connectivity index (χ0) is 14.4. The number of thiazole rings is 1. The Kier molecular flexibility index (Phi) is 5.32. The Morgan fingerprint density at radius 2 is 1.95 bits per heavy atom. The van der Waals surface area contributed by atoms with Crippen molar-refractivity contribution in [1.29, 1.82) is 0 Å². The summed E-state index contributed by atoms with van der Waals surface area (Å²) in [7, 11) is 0. The largest absolute Gasteiger partial charge is 0.307 e. The average Bonchev–Trinajstić information content (AvgIpc) is 2.93. The molecule has 2 rings (SSSR count). The third kappa shape index (κ3) is 4.73. The van der Waals surface area contributed by atoms with Crippen molar-refractivity contribution in [3.8, 4) is 0 Å². The first-order chi connectivity index (χ1) is 9.59. The number of hydrogen-bond donors (Lipinski definition) is 1. The highest BCUT2D eigenvalue weighted by atomic mass is 32.1. The molecular weight excluding hydrogens is 264 g/mol. The van der Waals surface area contributed by atoms with Gasteiger partial charge in [-0.25, -0.2) is 4.98 Å². The zero-order valence-electron chi connectivity index (χ0n) is 12.6. The summed E-state index contributed by atoms with van der Waals surface area (Å²) in [5.41, 5.74) is 1.56. The predicted octanol–water partition coefficient (Wildman–Crippen LogP) is 4.21. The first-order valence-electron chi connectivity index (χ1n) is 7.31. The van der Waals surface area contributed by atoms with Crippen LogP contribution >= 0.6 is 11.3 Å². The molecule has 0 aliphatic carbocycles. The summed E-state index contributed by atoms with van der Waals surface area (Å²) in [6, 6.07) is 10.7. The highest BCUT2D eigenvalue weighted by Crippen LogP contribution is 2.17. The Bertz CT molecular complexity index is 517. The van der Waals surface area contributed by atoms with E-state index in [0.29, 0.717) is 0 Å². The van der Waals surface area contributed by atoms with Gasteiger partial charge in [-0.05, 0) is 38.7 Å². The van der Waals surface area contributed by atoms with Crippen molar-refractivity contribution in [3.05, 3.63) is 52.0 Å². The molecule has 0 fully saturated rings. The van der Waals surface area contributed by atoms with Crippen LogP contribution in [0.3, 0.4) is 0 Å². The predicted molar refractivity (Wildman–Crippen MR) is 87.2 cm³/mol. The van der Waals surface area contributed by atoms with Gasteiger partial charge in [0.05, 0.1) is 5.01 Å². The van der Waals surface area contributed by atoms with Crippen molar-refractivity contribution in [3.63, 3.8) is 0 Å². The summed E-state index contributed by atoms with van der Waals surface area (Å²) in [5, 5.41) is 4.88. The molecule has 0 aliphatic heterocycles. The summed E-state index contributed by atoms with van der Waals surface area (Å²) in [4.78, 5) is 5.74. The molecule has 0 amide bonds. The summed E-state index contributed by atoms with van der Waals surface area (Å²) in [5.74, 6) is 0. The molecule has 0 saturated carbocycles. The van der Waals surface area contributed by atoms with Gasteiger partial charge in [0, 0.05) is 23.2 Å². The van der Waals surface area contributed by atoms with E-state index in [1.54, 1.807) is 0 Å². The fourth-order valence-electron chi connectivity index (χ4n) is 2.11. The zero-order valence-corrected chi connectivity index (χ0v) is 13.5. The van der Waals surface area contributed by atoms with Crippen molar-refractivity contribution < 1.29 is 0 Å². The van der Waals surface area contributed by atoms with Crippen LogP contribution in [0, 0.1) is 0 Å². The average molecular weight is 288 g/mol. The van der Waals surface area contributed by atoms with E-state index >= 15 is 0 Å². The number of aromatic nitrogens is 1. The second-order valence-corrected chi connectivity index (χ2v) is 7.00. The minimum absolute atomic E-state index is 0.145. The summed E-state index contributed by atoms with van der Waals surface area (Å²) in [6.45, 7) is 7.62. The van der Waals surface area contributed by atoms with E-state index in [2.05, 4.69) is 61.4 Å². The highest BCUT2D eigenvalue weighted by molar-refractivity contribution is 7.11. The summed E-state index contributed by atoms with van der Waals surface area (Å²) in [6.07, 6.45) is 5.28. The minimum atomic E-state index is 0.145. The van der Waals surface area contributed by atoms with E-state index in [4.69, 9.17) is 0 Å². The van der Waals surface area contributed by atoms with Gasteiger partial charge in [-0.15, -0.1) is 11.3 Å². The van der Waals surface area contributed by atoms with Gasteiger partial charge in [0.2, 0.25) is 0 Å². The Labute approximate surface area is 126 Å². The van der Waals surface area contributed by atoms with Crippen molar-refractivity contribution >= 4 is 11.3 Å². The maximum Gasteiger partial charge on any atom is 0.0925 e. The molecule has 0 aliphatic rings. The number of aryl methyl sites for hydroxylation is 2. The van der Waals surface area contributed by atoms with Gasteiger partial charge in [-0.3, -0.25) is 0 Å². The Balaban J connectivity index is 1.81. The van der Waals surface area contributed by atoms with Gasteiger partial charge in [-0.2, -0.15) is 0 Å². The smallest absolute Gasteiger partial charge is 0.0925 e.